The molecule has 0 aliphatic rings. The Bertz CT molecular complexity index is 3150. The van der Waals surface area contributed by atoms with Gasteiger partial charge in [-0.1, -0.05) is 140 Å². The number of rotatable bonds is 6. The van der Waals surface area contributed by atoms with Crippen LogP contribution in [0, 0.1) is 0 Å². The van der Waals surface area contributed by atoms with Gasteiger partial charge in [0.15, 0.2) is 0 Å². The van der Waals surface area contributed by atoms with Gasteiger partial charge in [0.05, 0.1) is 11.0 Å². The fraction of sp³-hybridized carbons (Fsp3) is 0. The molecule has 0 fully saturated rings. The van der Waals surface area contributed by atoms with Crippen LogP contribution in [0.4, 0.5) is 17.1 Å². The van der Waals surface area contributed by atoms with Crippen LogP contribution in [0.2, 0.25) is 0 Å². The van der Waals surface area contributed by atoms with Crippen molar-refractivity contribution in [3.05, 3.63) is 206 Å². The zero-order chi connectivity index (χ0) is 36.3. The summed E-state index contributed by atoms with van der Waals surface area (Å²) in [4.78, 5) is 2.37. The lowest BCUT2D eigenvalue weighted by Gasteiger charge is -2.27. The monoisotopic (exact) mass is 702 g/mol. The van der Waals surface area contributed by atoms with Crippen LogP contribution >= 0.6 is 0 Å². The first-order valence-corrected chi connectivity index (χ1v) is 18.8. The van der Waals surface area contributed by atoms with Crippen molar-refractivity contribution in [2.45, 2.75) is 0 Å². The molecule has 0 atom stereocenters. The van der Waals surface area contributed by atoms with E-state index in [0.717, 1.165) is 61.2 Å². The fourth-order valence-electron chi connectivity index (χ4n) is 8.46. The van der Waals surface area contributed by atoms with Crippen LogP contribution in [-0.2, 0) is 0 Å². The van der Waals surface area contributed by atoms with E-state index < -0.39 is 0 Å². The number of para-hydroxylation sites is 2. The molecule has 0 aliphatic heterocycles. The van der Waals surface area contributed by atoms with Crippen LogP contribution in [0.1, 0.15) is 0 Å². The summed E-state index contributed by atoms with van der Waals surface area (Å²) in [5.41, 5.74) is 13.2. The molecular formula is C52H34N2O. The molecule has 11 rings (SSSR count). The molecule has 0 N–H and O–H groups in total. The third kappa shape index (κ3) is 5.13. The summed E-state index contributed by atoms with van der Waals surface area (Å²) in [6.45, 7) is 0. The number of benzene rings is 9. The molecular weight excluding hydrogens is 669 g/mol. The van der Waals surface area contributed by atoms with Gasteiger partial charge in [-0.15, -0.1) is 0 Å². The van der Waals surface area contributed by atoms with Gasteiger partial charge in [-0.3, -0.25) is 0 Å². The Morgan fingerprint density at radius 1 is 0.382 bits per heavy atom. The van der Waals surface area contributed by atoms with Crippen LogP contribution in [0.15, 0.2) is 211 Å². The lowest BCUT2D eigenvalue weighted by molar-refractivity contribution is 0.673. The predicted octanol–water partition coefficient (Wildman–Crippen LogP) is 14.6. The molecule has 55 heavy (non-hydrogen) atoms. The van der Waals surface area contributed by atoms with Crippen LogP contribution < -0.4 is 4.90 Å². The van der Waals surface area contributed by atoms with E-state index >= 15 is 0 Å². The topological polar surface area (TPSA) is 21.3 Å². The van der Waals surface area contributed by atoms with Crippen molar-refractivity contribution < 1.29 is 4.42 Å². The maximum Gasteiger partial charge on any atom is 0.143 e. The summed E-state index contributed by atoms with van der Waals surface area (Å²) in [6.07, 6.45) is 0. The summed E-state index contributed by atoms with van der Waals surface area (Å²) in [5, 5.41) is 7.06. The second kappa shape index (κ2) is 12.6. The van der Waals surface area contributed by atoms with E-state index in [1.165, 1.54) is 38.3 Å². The maximum absolute atomic E-state index is 6.59. The molecule has 3 heteroatoms. The number of hydrogen-bond donors (Lipinski definition) is 0. The van der Waals surface area contributed by atoms with Crippen LogP contribution in [0.3, 0.4) is 0 Å². The van der Waals surface area contributed by atoms with E-state index in [1.807, 2.05) is 0 Å². The van der Waals surface area contributed by atoms with Gasteiger partial charge < -0.3 is 13.9 Å². The second-order valence-electron chi connectivity index (χ2n) is 14.1. The van der Waals surface area contributed by atoms with Crippen molar-refractivity contribution >= 4 is 71.6 Å². The van der Waals surface area contributed by atoms with Gasteiger partial charge in [0.1, 0.15) is 11.2 Å². The minimum Gasteiger partial charge on any atom is -0.455 e. The Morgan fingerprint density at radius 3 is 1.78 bits per heavy atom. The normalized spacial score (nSPS) is 11.6. The van der Waals surface area contributed by atoms with Crippen molar-refractivity contribution in [3.63, 3.8) is 0 Å². The second-order valence-corrected chi connectivity index (χ2v) is 14.1. The minimum absolute atomic E-state index is 0.890. The largest absolute Gasteiger partial charge is 0.455 e. The third-order valence-electron chi connectivity index (χ3n) is 11.0. The first kappa shape index (κ1) is 31.2. The molecule has 2 heterocycles. The van der Waals surface area contributed by atoms with Gasteiger partial charge in [-0.2, -0.15) is 0 Å². The summed E-state index contributed by atoms with van der Waals surface area (Å²) in [7, 11) is 0. The van der Waals surface area contributed by atoms with Crippen molar-refractivity contribution in [1.29, 1.82) is 0 Å². The minimum atomic E-state index is 0.890. The Balaban J connectivity index is 1.10. The van der Waals surface area contributed by atoms with Crippen LogP contribution in [0.5, 0.6) is 0 Å². The smallest absolute Gasteiger partial charge is 0.143 e. The molecule has 258 valence electrons. The van der Waals surface area contributed by atoms with E-state index in [2.05, 4.69) is 216 Å². The number of furan rings is 1. The van der Waals surface area contributed by atoms with Gasteiger partial charge in [0.2, 0.25) is 0 Å². The highest BCUT2D eigenvalue weighted by Gasteiger charge is 2.19. The van der Waals surface area contributed by atoms with Crippen molar-refractivity contribution in [1.82, 2.24) is 4.57 Å². The Kier molecular flexibility index (Phi) is 7.17. The fourth-order valence-corrected chi connectivity index (χ4v) is 8.46. The average Bonchev–Trinajstić information content (AvgIpc) is 3.81. The molecule has 0 radical (unpaired) electrons. The molecule has 9 aromatic carbocycles. The zero-order valence-corrected chi connectivity index (χ0v) is 29.9. The van der Waals surface area contributed by atoms with Crippen molar-refractivity contribution in [2.24, 2.45) is 0 Å². The molecule has 11 aromatic rings. The number of hydrogen-bond acceptors (Lipinski definition) is 2. The van der Waals surface area contributed by atoms with Crippen molar-refractivity contribution in [3.8, 4) is 27.9 Å². The summed E-state index contributed by atoms with van der Waals surface area (Å²) in [5.74, 6) is 0. The number of aromatic nitrogens is 1. The summed E-state index contributed by atoms with van der Waals surface area (Å²) >= 11 is 0. The van der Waals surface area contributed by atoms with Crippen LogP contribution in [-0.4, -0.2) is 4.57 Å². The van der Waals surface area contributed by atoms with E-state index in [9.17, 15) is 0 Å². The van der Waals surface area contributed by atoms with Gasteiger partial charge in [-0.25, -0.2) is 0 Å². The molecule has 0 saturated heterocycles. The quantitative estimate of drug-likeness (QED) is 0.172. The molecule has 3 nitrogen and oxygen atoms in total. The van der Waals surface area contributed by atoms with Crippen LogP contribution in [0.25, 0.3) is 82.5 Å². The molecule has 0 spiro atoms. The maximum atomic E-state index is 6.59. The number of anilines is 3. The average molecular weight is 703 g/mol. The van der Waals surface area contributed by atoms with E-state index in [1.54, 1.807) is 0 Å². The highest BCUT2D eigenvalue weighted by atomic mass is 16.3. The zero-order valence-electron chi connectivity index (χ0n) is 29.9. The molecule has 0 aliphatic carbocycles. The molecule has 0 unspecified atom stereocenters. The molecule has 0 amide bonds. The Labute approximate surface area is 318 Å². The number of fused-ring (bicyclic) bond motifs is 8. The van der Waals surface area contributed by atoms with E-state index in [-0.39, 0.29) is 0 Å². The van der Waals surface area contributed by atoms with Crippen molar-refractivity contribution in [2.75, 3.05) is 4.90 Å². The lowest BCUT2D eigenvalue weighted by atomic mass is 9.97. The van der Waals surface area contributed by atoms with E-state index in [4.69, 9.17) is 4.42 Å². The van der Waals surface area contributed by atoms with Gasteiger partial charge in [-0.05, 0) is 94.4 Å². The molecule has 0 saturated carbocycles. The molecule has 2 aromatic heterocycles. The highest BCUT2D eigenvalue weighted by Crippen LogP contribution is 2.43. The third-order valence-corrected chi connectivity index (χ3v) is 11.0. The lowest BCUT2D eigenvalue weighted by Crippen LogP contribution is -2.10. The Hall–Kier alpha value is -7.36. The highest BCUT2D eigenvalue weighted by molar-refractivity contribution is 6.19. The van der Waals surface area contributed by atoms with E-state index in [0.29, 0.717) is 0 Å². The standard InChI is InChI=1S/C52H34N2O/c1-2-13-35(14-3-1)36-27-30-39(31-28-36)53(41-18-11-19-42(34-41)54-48-24-8-6-21-45(48)46-22-7-9-25-49(46)54)40-17-10-16-38(33-40)43-23-12-26-50-51(43)47-32-29-37-15-4-5-20-44(37)52(47)55-50/h1-34H. The molecule has 0 bridgehead atoms. The van der Waals surface area contributed by atoms with Gasteiger partial charge in [0.25, 0.3) is 0 Å². The summed E-state index contributed by atoms with van der Waals surface area (Å²) < 4.78 is 8.97. The van der Waals surface area contributed by atoms with Gasteiger partial charge >= 0.3 is 0 Å². The summed E-state index contributed by atoms with van der Waals surface area (Å²) in [6, 6.07) is 73.9. The first-order chi connectivity index (χ1) is 27.3. The predicted molar refractivity (Wildman–Crippen MR) is 231 cm³/mol. The van der Waals surface area contributed by atoms with Gasteiger partial charge in [0, 0.05) is 49.7 Å². The first-order valence-electron chi connectivity index (χ1n) is 18.8. The Morgan fingerprint density at radius 2 is 1.00 bits per heavy atom. The SMILES string of the molecule is c1ccc(-c2ccc(N(c3cccc(-c4cccc5oc6c7ccccc7ccc6c45)c3)c3cccc(-n4c5ccccc5c5ccccc54)c3)cc2)cc1. The number of nitrogens with zero attached hydrogens (tertiary/aromatic N) is 2.